The Kier molecular flexibility index (Phi) is 4.55. The Morgan fingerprint density at radius 1 is 1.45 bits per heavy atom. The SMILES string of the molecule is CCOC(=O)c1cnn(-c2ccnc(C)c2Br)c1C(F)(F)F. The van der Waals surface area contributed by atoms with E-state index in [4.69, 9.17) is 0 Å². The van der Waals surface area contributed by atoms with Gasteiger partial charge in [0.05, 0.1) is 28.7 Å². The van der Waals surface area contributed by atoms with Gasteiger partial charge in [0.2, 0.25) is 0 Å². The second kappa shape index (κ2) is 6.07. The van der Waals surface area contributed by atoms with Crippen molar-refractivity contribution in [3.8, 4) is 5.69 Å². The summed E-state index contributed by atoms with van der Waals surface area (Å²) in [4.78, 5) is 15.7. The van der Waals surface area contributed by atoms with Crippen LogP contribution in [0.2, 0.25) is 0 Å². The van der Waals surface area contributed by atoms with Gasteiger partial charge in [-0.05, 0) is 35.8 Å². The van der Waals surface area contributed by atoms with Crippen LogP contribution in [-0.2, 0) is 10.9 Å². The summed E-state index contributed by atoms with van der Waals surface area (Å²) in [5.41, 5.74) is -1.18. The van der Waals surface area contributed by atoms with Crippen molar-refractivity contribution in [1.82, 2.24) is 14.8 Å². The fraction of sp³-hybridized carbons (Fsp3) is 0.308. The highest BCUT2D eigenvalue weighted by atomic mass is 79.9. The monoisotopic (exact) mass is 377 g/mol. The molecule has 22 heavy (non-hydrogen) atoms. The Bertz CT molecular complexity index is 713. The van der Waals surface area contributed by atoms with Crippen LogP contribution in [0, 0.1) is 6.92 Å². The van der Waals surface area contributed by atoms with Crippen molar-refractivity contribution in [2.75, 3.05) is 6.61 Å². The van der Waals surface area contributed by atoms with Gasteiger partial charge in [0.15, 0.2) is 5.69 Å². The van der Waals surface area contributed by atoms with E-state index in [1.54, 1.807) is 6.92 Å². The number of pyridine rings is 1. The molecule has 2 aromatic rings. The van der Waals surface area contributed by atoms with E-state index in [2.05, 4.69) is 30.7 Å². The number of aromatic nitrogens is 3. The van der Waals surface area contributed by atoms with Gasteiger partial charge >= 0.3 is 12.1 Å². The van der Waals surface area contributed by atoms with Crippen molar-refractivity contribution in [3.05, 3.63) is 39.9 Å². The van der Waals surface area contributed by atoms with Crippen LogP contribution in [0.1, 0.15) is 28.7 Å². The van der Waals surface area contributed by atoms with Gasteiger partial charge in [-0.1, -0.05) is 0 Å². The van der Waals surface area contributed by atoms with E-state index < -0.39 is 23.4 Å². The summed E-state index contributed by atoms with van der Waals surface area (Å²) in [5.74, 6) is -1.07. The second-order valence-electron chi connectivity index (χ2n) is 4.27. The van der Waals surface area contributed by atoms with Gasteiger partial charge in [0, 0.05) is 6.20 Å². The number of esters is 1. The summed E-state index contributed by atoms with van der Waals surface area (Å²) in [5, 5.41) is 3.70. The number of rotatable bonds is 3. The minimum absolute atomic E-state index is 0.0284. The lowest BCUT2D eigenvalue weighted by Crippen LogP contribution is -2.19. The van der Waals surface area contributed by atoms with Crippen LogP contribution in [0.3, 0.4) is 0 Å². The Morgan fingerprint density at radius 2 is 2.14 bits per heavy atom. The van der Waals surface area contributed by atoms with Gasteiger partial charge < -0.3 is 4.74 Å². The number of halogens is 4. The van der Waals surface area contributed by atoms with Crippen LogP contribution in [0.4, 0.5) is 13.2 Å². The number of carbonyl (C=O) groups is 1. The first-order valence-electron chi connectivity index (χ1n) is 6.21. The number of aryl methyl sites for hydroxylation is 1. The molecule has 2 rings (SSSR count). The van der Waals surface area contributed by atoms with Crippen LogP contribution in [-0.4, -0.2) is 27.3 Å². The van der Waals surface area contributed by atoms with Gasteiger partial charge in [-0.2, -0.15) is 18.3 Å². The number of ether oxygens (including phenoxy) is 1. The van der Waals surface area contributed by atoms with Crippen molar-refractivity contribution in [3.63, 3.8) is 0 Å². The molecule has 0 saturated carbocycles. The van der Waals surface area contributed by atoms with Gasteiger partial charge in [0.1, 0.15) is 5.56 Å². The van der Waals surface area contributed by atoms with Crippen LogP contribution in [0.15, 0.2) is 22.9 Å². The van der Waals surface area contributed by atoms with E-state index in [9.17, 15) is 18.0 Å². The Balaban J connectivity index is 2.68. The molecule has 0 fully saturated rings. The summed E-state index contributed by atoms with van der Waals surface area (Å²) < 4.78 is 45.8. The van der Waals surface area contributed by atoms with Gasteiger partial charge in [-0.15, -0.1) is 0 Å². The first-order chi connectivity index (χ1) is 10.3. The van der Waals surface area contributed by atoms with Gasteiger partial charge in [0.25, 0.3) is 0 Å². The lowest BCUT2D eigenvalue weighted by Gasteiger charge is -2.14. The predicted octanol–water partition coefficient (Wildman–Crippen LogP) is 3.53. The van der Waals surface area contributed by atoms with Gasteiger partial charge in [-0.25, -0.2) is 9.48 Å². The number of alkyl halides is 3. The van der Waals surface area contributed by atoms with E-state index in [-0.39, 0.29) is 12.3 Å². The van der Waals surface area contributed by atoms with Crippen LogP contribution >= 0.6 is 15.9 Å². The van der Waals surface area contributed by atoms with Gasteiger partial charge in [-0.3, -0.25) is 4.98 Å². The van der Waals surface area contributed by atoms with Crippen molar-refractivity contribution in [2.24, 2.45) is 0 Å². The maximum absolute atomic E-state index is 13.4. The van der Waals surface area contributed by atoms with E-state index in [0.717, 1.165) is 6.20 Å². The van der Waals surface area contributed by atoms with Crippen molar-refractivity contribution < 1.29 is 22.7 Å². The third-order valence-electron chi connectivity index (χ3n) is 2.80. The maximum atomic E-state index is 13.4. The molecule has 2 aromatic heterocycles. The molecule has 0 N–H and O–H groups in total. The topological polar surface area (TPSA) is 57.0 Å². The third kappa shape index (κ3) is 2.99. The fourth-order valence-electron chi connectivity index (χ4n) is 1.86. The molecular weight excluding hydrogens is 367 g/mol. The molecule has 0 atom stereocenters. The first kappa shape index (κ1) is 16.5. The van der Waals surface area contributed by atoms with E-state index in [0.29, 0.717) is 14.8 Å². The summed E-state index contributed by atoms with van der Waals surface area (Å²) in [6.07, 6.45) is -2.56. The molecule has 0 amide bonds. The largest absolute Gasteiger partial charge is 0.462 e. The minimum Gasteiger partial charge on any atom is -0.462 e. The zero-order valence-electron chi connectivity index (χ0n) is 11.6. The fourth-order valence-corrected chi connectivity index (χ4v) is 2.26. The second-order valence-corrected chi connectivity index (χ2v) is 5.06. The molecule has 0 unspecified atom stereocenters. The molecule has 0 saturated heterocycles. The minimum atomic E-state index is -4.77. The maximum Gasteiger partial charge on any atom is 0.434 e. The number of hydrogen-bond donors (Lipinski definition) is 0. The van der Waals surface area contributed by atoms with Crippen molar-refractivity contribution in [1.29, 1.82) is 0 Å². The summed E-state index contributed by atoms with van der Waals surface area (Å²) in [6, 6.07) is 1.37. The molecule has 0 radical (unpaired) electrons. The Morgan fingerprint density at radius 3 is 2.73 bits per heavy atom. The van der Waals surface area contributed by atoms with Crippen molar-refractivity contribution >= 4 is 21.9 Å². The molecule has 5 nitrogen and oxygen atoms in total. The smallest absolute Gasteiger partial charge is 0.434 e. The molecule has 0 aliphatic rings. The molecule has 0 aliphatic carbocycles. The third-order valence-corrected chi connectivity index (χ3v) is 3.78. The first-order valence-corrected chi connectivity index (χ1v) is 7.00. The van der Waals surface area contributed by atoms with E-state index >= 15 is 0 Å². The Hall–Kier alpha value is -1.90. The average molecular weight is 378 g/mol. The van der Waals surface area contributed by atoms with Crippen LogP contribution in [0.5, 0.6) is 0 Å². The lowest BCUT2D eigenvalue weighted by atomic mass is 10.2. The highest BCUT2D eigenvalue weighted by molar-refractivity contribution is 9.10. The van der Waals surface area contributed by atoms with Crippen LogP contribution < -0.4 is 0 Å². The van der Waals surface area contributed by atoms with Crippen molar-refractivity contribution in [2.45, 2.75) is 20.0 Å². The molecule has 0 spiro atoms. The van der Waals surface area contributed by atoms with E-state index in [1.807, 2.05) is 0 Å². The molecule has 2 heterocycles. The molecule has 0 aromatic carbocycles. The molecular formula is C13H11BrF3N3O2. The zero-order valence-corrected chi connectivity index (χ0v) is 13.2. The summed E-state index contributed by atoms with van der Waals surface area (Å²) in [6.45, 7) is 3.12. The molecule has 118 valence electrons. The highest BCUT2D eigenvalue weighted by Gasteiger charge is 2.41. The quantitative estimate of drug-likeness (QED) is 0.767. The lowest BCUT2D eigenvalue weighted by molar-refractivity contribution is -0.143. The number of nitrogens with zero attached hydrogens (tertiary/aromatic N) is 3. The highest BCUT2D eigenvalue weighted by Crippen LogP contribution is 2.35. The number of carbonyl (C=O) groups excluding carboxylic acids is 1. The summed E-state index contributed by atoms with van der Waals surface area (Å²) >= 11 is 3.19. The predicted molar refractivity (Wildman–Crippen MR) is 74.8 cm³/mol. The van der Waals surface area contributed by atoms with E-state index in [1.165, 1.54) is 19.2 Å². The molecule has 0 bridgehead atoms. The molecule has 0 aliphatic heterocycles. The standard InChI is InChI=1S/C13H11BrF3N3O2/c1-3-22-12(21)8-6-19-20(11(8)13(15,16)17)9-4-5-18-7(2)10(9)14/h4-6H,3H2,1-2H3. The zero-order chi connectivity index (χ0) is 16.5. The number of hydrogen-bond acceptors (Lipinski definition) is 4. The average Bonchev–Trinajstić information content (AvgIpc) is 2.87. The van der Waals surface area contributed by atoms with Crippen LogP contribution in [0.25, 0.3) is 5.69 Å². The summed E-state index contributed by atoms with van der Waals surface area (Å²) in [7, 11) is 0. The molecule has 9 heteroatoms. The Labute approximate surface area is 132 Å². The normalized spacial score (nSPS) is 11.5.